The number of nitrogens with zero attached hydrogens (tertiary/aromatic N) is 3. The van der Waals surface area contributed by atoms with Crippen molar-refractivity contribution in [2.45, 2.75) is 25.4 Å². The van der Waals surface area contributed by atoms with Crippen LogP contribution in [0.25, 0.3) is 0 Å². The highest BCUT2D eigenvalue weighted by molar-refractivity contribution is 5.32. The molecule has 1 aliphatic rings. The Morgan fingerprint density at radius 2 is 2.16 bits per heavy atom. The highest BCUT2D eigenvalue weighted by Gasteiger charge is 2.23. The van der Waals surface area contributed by atoms with Crippen LogP contribution in [0.3, 0.4) is 0 Å². The van der Waals surface area contributed by atoms with Crippen molar-refractivity contribution in [3.05, 3.63) is 47.1 Å². The van der Waals surface area contributed by atoms with E-state index in [0.717, 1.165) is 25.0 Å². The molecule has 1 unspecified atom stereocenters. The van der Waals surface area contributed by atoms with Gasteiger partial charge in [-0.05, 0) is 30.5 Å². The Morgan fingerprint density at radius 1 is 1.32 bits per heavy atom. The highest BCUT2D eigenvalue weighted by atomic mass is 16.5. The molecule has 1 aliphatic heterocycles. The molecule has 96 valence electrons. The molecule has 1 atom stereocenters. The van der Waals surface area contributed by atoms with E-state index in [1.165, 1.54) is 0 Å². The topological polar surface area (TPSA) is 71.9 Å². The maximum atomic E-state index is 8.74. The molecule has 1 aromatic heterocycles. The van der Waals surface area contributed by atoms with E-state index in [1.807, 2.05) is 12.1 Å². The zero-order valence-corrected chi connectivity index (χ0v) is 10.4. The molecule has 1 saturated heterocycles. The molecule has 5 heteroatoms. The fourth-order valence-electron chi connectivity index (χ4n) is 2.12. The van der Waals surface area contributed by atoms with Crippen molar-refractivity contribution in [1.29, 1.82) is 5.26 Å². The van der Waals surface area contributed by atoms with E-state index in [9.17, 15) is 0 Å². The molecule has 0 bridgehead atoms. The van der Waals surface area contributed by atoms with Crippen LogP contribution in [-0.4, -0.2) is 16.7 Å². The maximum absolute atomic E-state index is 8.74. The highest BCUT2D eigenvalue weighted by Crippen LogP contribution is 2.26. The molecule has 0 amide bonds. The summed E-state index contributed by atoms with van der Waals surface area (Å²) in [5.41, 5.74) is 1.69. The summed E-state index contributed by atoms with van der Waals surface area (Å²) in [5.74, 6) is 1.22. The molecule has 0 N–H and O–H groups in total. The Kier molecular flexibility index (Phi) is 3.25. The third kappa shape index (κ3) is 2.64. The third-order valence-electron chi connectivity index (χ3n) is 3.14. The average molecular weight is 255 g/mol. The predicted molar refractivity (Wildman–Crippen MR) is 66.2 cm³/mol. The van der Waals surface area contributed by atoms with Crippen LogP contribution in [0.1, 0.15) is 41.8 Å². The van der Waals surface area contributed by atoms with E-state index in [2.05, 4.69) is 16.2 Å². The second-order valence-corrected chi connectivity index (χ2v) is 4.53. The molecule has 2 aromatic rings. The third-order valence-corrected chi connectivity index (χ3v) is 3.14. The molecule has 2 heterocycles. The molecule has 0 radical (unpaired) electrons. The summed E-state index contributed by atoms with van der Waals surface area (Å²) in [6.07, 6.45) is 2.56. The van der Waals surface area contributed by atoms with Gasteiger partial charge in [-0.25, -0.2) is 0 Å². The van der Waals surface area contributed by atoms with Gasteiger partial charge >= 0.3 is 0 Å². The van der Waals surface area contributed by atoms with Crippen molar-refractivity contribution >= 4 is 0 Å². The van der Waals surface area contributed by atoms with Crippen LogP contribution in [0.15, 0.2) is 28.8 Å². The summed E-state index contributed by atoms with van der Waals surface area (Å²) >= 11 is 0. The molecule has 19 heavy (non-hydrogen) atoms. The SMILES string of the molecule is N#Cc1ccc(Cc2nc(C3CCCO3)no2)cc1. The van der Waals surface area contributed by atoms with Crippen LogP contribution < -0.4 is 0 Å². The predicted octanol–water partition coefficient (Wildman–Crippen LogP) is 2.38. The number of hydrogen-bond donors (Lipinski definition) is 0. The molecule has 0 saturated carbocycles. The lowest BCUT2D eigenvalue weighted by atomic mass is 10.1. The van der Waals surface area contributed by atoms with Crippen molar-refractivity contribution in [2.24, 2.45) is 0 Å². The smallest absolute Gasteiger partial charge is 0.231 e. The Balaban J connectivity index is 1.70. The fourth-order valence-corrected chi connectivity index (χ4v) is 2.12. The minimum atomic E-state index is -0.0153. The first-order chi connectivity index (χ1) is 9.35. The molecular formula is C14H13N3O2. The van der Waals surface area contributed by atoms with Crippen molar-refractivity contribution in [3.63, 3.8) is 0 Å². The van der Waals surface area contributed by atoms with Gasteiger partial charge in [-0.2, -0.15) is 10.2 Å². The molecule has 1 aromatic carbocycles. The molecular weight excluding hydrogens is 242 g/mol. The first-order valence-corrected chi connectivity index (χ1v) is 6.28. The lowest BCUT2D eigenvalue weighted by molar-refractivity contribution is 0.103. The largest absolute Gasteiger partial charge is 0.370 e. The second-order valence-electron chi connectivity index (χ2n) is 4.53. The lowest BCUT2D eigenvalue weighted by Gasteiger charge is -2.00. The maximum Gasteiger partial charge on any atom is 0.231 e. The Bertz CT molecular complexity index is 592. The van der Waals surface area contributed by atoms with Gasteiger partial charge < -0.3 is 9.26 Å². The standard InChI is InChI=1S/C14H13N3O2/c15-9-11-5-3-10(4-6-11)8-13-16-14(17-19-13)12-2-1-7-18-12/h3-6,12H,1-2,7-8H2. The summed E-state index contributed by atoms with van der Waals surface area (Å²) in [5, 5.41) is 12.7. The lowest BCUT2D eigenvalue weighted by Crippen LogP contribution is -1.98. The van der Waals surface area contributed by atoms with Crippen LogP contribution in [0, 0.1) is 11.3 Å². The summed E-state index contributed by atoms with van der Waals surface area (Å²) in [6, 6.07) is 9.45. The Labute approximate surface area is 110 Å². The van der Waals surface area contributed by atoms with Crippen LogP contribution in [-0.2, 0) is 11.2 Å². The van der Waals surface area contributed by atoms with Gasteiger partial charge in [-0.15, -0.1) is 0 Å². The molecule has 0 spiro atoms. The number of nitriles is 1. The van der Waals surface area contributed by atoms with Crippen molar-refractivity contribution in [1.82, 2.24) is 10.1 Å². The first-order valence-electron chi connectivity index (χ1n) is 6.28. The van der Waals surface area contributed by atoms with Gasteiger partial charge in [0.25, 0.3) is 0 Å². The van der Waals surface area contributed by atoms with Crippen LogP contribution >= 0.6 is 0 Å². The zero-order valence-electron chi connectivity index (χ0n) is 10.4. The van der Waals surface area contributed by atoms with Crippen LogP contribution in [0.4, 0.5) is 0 Å². The zero-order chi connectivity index (χ0) is 13.1. The van der Waals surface area contributed by atoms with E-state index < -0.39 is 0 Å². The van der Waals surface area contributed by atoms with E-state index in [-0.39, 0.29) is 6.10 Å². The number of ether oxygens (including phenoxy) is 1. The molecule has 3 rings (SSSR count). The van der Waals surface area contributed by atoms with Crippen molar-refractivity contribution < 1.29 is 9.26 Å². The Morgan fingerprint density at radius 3 is 2.84 bits per heavy atom. The molecule has 5 nitrogen and oxygen atoms in total. The summed E-state index contributed by atoms with van der Waals surface area (Å²) in [7, 11) is 0. The minimum absolute atomic E-state index is 0.0153. The van der Waals surface area contributed by atoms with Crippen LogP contribution in [0.2, 0.25) is 0 Å². The van der Waals surface area contributed by atoms with E-state index in [1.54, 1.807) is 12.1 Å². The first kappa shape index (κ1) is 11.9. The van der Waals surface area contributed by atoms with Crippen molar-refractivity contribution in [3.8, 4) is 6.07 Å². The number of aromatic nitrogens is 2. The minimum Gasteiger partial charge on any atom is -0.370 e. The number of benzene rings is 1. The van der Waals surface area contributed by atoms with Crippen molar-refractivity contribution in [2.75, 3.05) is 6.61 Å². The van der Waals surface area contributed by atoms with Gasteiger partial charge in [0.1, 0.15) is 6.10 Å². The molecule has 1 fully saturated rings. The average Bonchev–Trinajstić information content (AvgIpc) is 3.10. The molecule has 0 aliphatic carbocycles. The van der Waals surface area contributed by atoms with E-state index in [0.29, 0.717) is 23.7 Å². The Hall–Kier alpha value is -2.19. The summed E-state index contributed by atoms with van der Waals surface area (Å²) in [6.45, 7) is 0.768. The quantitative estimate of drug-likeness (QED) is 0.842. The van der Waals surface area contributed by atoms with Crippen LogP contribution in [0.5, 0.6) is 0 Å². The van der Waals surface area contributed by atoms with E-state index in [4.69, 9.17) is 14.5 Å². The van der Waals surface area contributed by atoms with Gasteiger partial charge in [0.05, 0.1) is 18.1 Å². The van der Waals surface area contributed by atoms with Gasteiger partial charge in [-0.3, -0.25) is 0 Å². The van der Waals surface area contributed by atoms with Gasteiger partial charge in [0, 0.05) is 6.61 Å². The van der Waals surface area contributed by atoms with E-state index >= 15 is 0 Å². The normalized spacial score (nSPS) is 18.4. The monoisotopic (exact) mass is 255 g/mol. The van der Waals surface area contributed by atoms with Gasteiger partial charge in [-0.1, -0.05) is 17.3 Å². The number of rotatable bonds is 3. The number of hydrogen-bond acceptors (Lipinski definition) is 5. The van der Waals surface area contributed by atoms with Gasteiger partial charge in [0.15, 0.2) is 0 Å². The summed E-state index contributed by atoms with van der Waals surface area (Å²) in [4.78, 5) is 4.36. The van der Waals surface area contributed by atoms with Gasteiger partial charge in [0.2, 0.25) is 11.7 Å². The summed E-state index contributed by atoms with van der Waals surface area (Å²) < 4.78 is 10.7. The fraction of sp³-hybridized carbons (Fsp3) is 0.357. The second kappa shape index (κ2) is 5.21.